The smallest absolute Gasteiger partial charge is 0.220 e. The lowest BCUT2D eigenvalue weighted by Gasteiger charge is -2.33. The highest BCUT2D eigenvalue weighted by molar-refractivity contribution is 5.85. The van der Waals surface area contributed by atoms with Crippen LogP contribution in [0.1, 0.15) is 62.8 Å². The molecule has 0 aromatic heterocycles. The van der Waals surface area contributed by atoms with Crippen LogP contribution in [0.25, 0.3) is 0 Å². The molecule has 24 heavy (non-hydrogen) atoms. The van der Waals surface area contributed by atoms with Gasteiger partial charge in [-0.15, -0.1) is 12.4 Å². The summed E-state index contributed by atoms with van der Waals surface area (Å²) in [6.45, 7) is 2.23. The van der Waals surface area contributed by atoms with Crippen LogP contribution < -0.4 is 10.6 Å². The van der Waals surface area contributed by atoms with Gasteiger partial charge in [-0.05, 0) is 56.7 Å². The van der Waals surface area contributed by atoms with Gasteiger partial charge in [0.1, 0.15) is 0 Å². The fourth-order valence-corrected chi connectivity index (χ4v) is 4.19. The molecule has 1 aliphatic heterocycles. The molecule has 1 aliphatic carbocycles. The third-order valence-corrected chi connectivity index (χ3v) is 5.58. The number of hydrogen-bond acceptors (Lipinski definition) is 2. The van der Waals surface area contributed by atoms with Gasteiger partial charge in [0.2, 0.25) is 5.91 Å². The molecule has 2 unspecified atom stereocenters. The number of carbonyl (C=O) groups excluding carboxylic acids is 1. The van der Waals surface area contributed by atoms with E-state index in [2.05, 4.69) is 41.0 Å². The van der Waals surface area contributed by atoms with Gasteiger partial charge in [0, 0.05) is 18.4 Å². The van der Waals surface area contributed by atoms with Crippen LogP contribution in [0, 0.1) is 5.92 Å². The topological polar surface area (TPSA) is 41.1 Å². The number of nitrogens with one attached hydrogen (secondary N) is 2. The lowest BCUT2D eigenvalue weighted by atomic mass is 9.80. The van der Waals surface area contributed by atoms with Crippen LogP contribution in [0.5, 0.6) is 0 Å². The van der Waals surface area contributed by atoms with Crippen LogP contribution in [0.3, 0.4) is 0 Å². The van der Waals surface area contributed by atoms with Crippen molar-refractivity contribution in [3.05, 3.63) is 35.9 Å². The van der Waals surface area contributed by atoms with E-state index < -0.39 is 0 Å². The van der Waals surface area contributed by atoms with Crippen molar-refractivity contribution in [3.63, 3.8) is 0 Å². The molecule has 0 radical (unpaired) electrons. The van der Waals surface area contributed by atoms with E-state index in [4.69, 9.17) is 0 Å². The summed E-state index contributed by atoms with van der Waals surface area (Å²) in [5.41, 5.74) is 1.39. The molecule has 2 aliphatic rings. The molecule has 2 N–H and O–H groups in total. The molecular formula is C20H31ClN2O. The van der Waals surface area contributed by atoms with E-state index in [0.29, 0.717) is 18.4 Å². The van der Waals surface area contributed by atoms with Gasteiger partial charge in [-0.25, -0.2) is 0 Å². The van der Waals surface area contributed by atoms with Gasteiger partial charge in [0.15, 0.2) is 0 Å². The van der Waals surface area contributed by atoms with Gasteiger partial charge < -0.3 is 10.6 Å². The van der Waals surface area contributed by atoms with Crippen LogP contribution in [-0.2, 0) is 4.79 Å². The maximum Gasteiger partial charge on any atom is 0.220 e. The highest BCUT2D eigenvalue weighted by Gasteiger charge is 2.27. The van der Waals surface area contributed by atoms with E-state index in [1.165, 1.54) is 37.7 Å². The zero-order chi connectivity index (χ0) is 15.9. The lowest BCUT2D eigenvalue weighted by molar-refractivity contribution is -0.122. The van der Waals surface area contributed by atoms with Crippen molar-refractivity contribution in [2.75, 3.05) is 13.1 Å². The molecule has 1 heterocycles. The standard InChI is InChI=1S/C20H30N2O.ClH/c23-20(11-10-16-12-14-21-15-13-16)22-19-9-5-4-8-18(19)17-6-2-1-3-7-17;/h1-3,6-7,16,18-19,21H,4-5,8-15H2,(H,22,23);1H. The highest BCUT2D eigenvalue weighted by Crippen LogP contribution is 2.33. The third-order valence-electron chi connectivity index (χ3n) is 5.58. The maximum absolute atomic E-state index is 12.4. The quantitative estimate of drug-likeness (QED) is 0.841. The number of benzene rings is 1. The molecule has 1 aromatic carbocycles. The average molecular weight is 351 g/mol. The first-order valence-electron chi connectivity index (χ1n) is 9.38. The van der Waals surface area contributed by atoms with Gasteiger partial charge in [-0.2, -0.15) is 0 Å². The number of amides is 1. The van der Waals surface area contributed by atoms with Crippen molar-refractivity contribution in [1.82, 2.24) is 10.6 Å². The molecule has 0 bridgehead atoms. The normalized spacial score (nSPS) is 24.8. The van der Waals surface area contributed by atoms with E-state index in [-0.39, 0.29) is 18.3 Å². The first-order valence-corrected chi connectivity index (χ1v) is 9.38. The largest absolute Gasteiger partial charge is 0.353 e. The van der Waals surface area contributed by atoms with Gasteiger partial charge in [0.25, 0.3) is 0 Å². The molecule has 3 rings (SSSR count). The second kappa shape index (κ2) is 10.0. The minimum absolute atomic E-state index is 0. The van der Waals surface area contributed by atoms with Gasteiger partial charge in [-0.1, -0.05) is 43.2 Å². The molecule has 1 saturated carbocycles. The zero-order valence-corrected chi connectivity index (χ0v) is 15.3. The number of rotatable bonds is 5. The molecule has 134 valence electrons. The summed E-state index contributed by atoms with van der Waals surface area (Å²) in [6, 6.07) is 11.0. The zero-order valence-electron chi connectivity index (χ0n) is 14.5. The fourth-order valence-electron chi connectivity index (χ4n) is 4.19. The molecule has 1 saturated heterocycles. The molecule has 2 atom stereocenters. The molecule has 1 aromatic rings. The van der Waals surface area contributed by atoms with Crippen molar-refractivity contribution >= 4 is 18.3 Å². The van der Waals surface area contributed by atoms with E-state index in [1.807, 2.05) is 0 Å². The second-order valence-corrected chi connectivity index (χ2v) is 7.21. The first-order chi connectivity index (χ1) is 11.3. The maximum atomic E-state index is 12.4. The Morgan fingerprint density at radius 1 is 1.04 bits per heavy atom. The Morgan fingerprint density at radius 2 is 1.75 bits per heavy atom. The summed E-state index contributed by atoms with van der Waals surface area (Å²) >= 11 is 0. The Hall–Kier alpha value is -1.06. The van der Waals surface area contributed by atoms with Crippen LogP contribution in [0.4, 0.5) is 0 Å². The summed E-state index contributed by atoms with van der Waals surface area (Å²) in [4.78, 5) is 12.4. The molecule has 2 fully saturated rings. The van der Waals surface area contributed by atoms with E-state index in [1.54, 1.807) is 0 Å². The van der Waals surface area contributed by atoms with E-state index in [9.17, 15) is 4.79 Å². The van der Waals surface area contributed by atoms with Crippen molar-refractivity contribution < 1.29 is 4.79 Å². The summed E-state index contributed by atoms with van der Waals surface area (Å²) in [6.07, 6.45) is 9.04. The molecule has 3 nitrogen and oxygen atoms in total. The SMILES string of the molecule is Cl.O=C(CCC1CCNCC1)NC1CCCCC1c1ccccc1. The Kier molecular flexibility index (Phi) is 8.07. The monoisotopic (exact) mass is 350 g/mol. The summed E-state index contributed by atoms with van der Waals surface area (Å²) in [5.74, 6) is 1.49. The predicted octanol–water partition coefficient (Wildman–Crippen LogP) is 4.03. The van der Waals surface area contributed by atoms with Crippen LogP contribution in [-0.4, -0.2) is 25.0 Å². The molecule has 4 heteroatoms. The lowest BCUT2D eigenvalue weighted by Crippen LogP contribution is -2.41. The van der Waals surface area contributed by atoms with Crippen molar-refractivity contribution in [1.29, 1.82) is 0 Å². The second-order valence-electron chi connectivity index (χ2n) is 7.21. The number of piperidine rings is 1. The van der Waals surface area contributed by atoms with Crippen LogP contribution >= 0.6 is 12.4 Å². The molecule has 0 spiro atoms. The average Bonchev–Trinajstić information content (AvgIpc) is 2.62. The minimum Gasteiger partial charge on any atom is -0.353 e. The Bertz CT molecular complexity index is 488. The Labute approximate surface area is 152 Å². The van der Waals surface area contributed by atoms with Crippen molar-refractivity contribution in [2.45, 2.75) is 63.3 Å². The fraction of sp³-hybridized carbons (Fsp3) is 0.650. The Morgan fingerprint density at radius 3 is 2.50 bits per heavy atom. The van der Waals surface area contributed by atoms with Crippen LogP contribution in [0.2, 0.25) is 0 Å². The van der Waals surface area contributed by atoms with Crippen LogP contribution in [0.15, 0.2) is 30.3 Å². The van der Waals surface area contributed by atoms with Gasteiger partial charge >= 0.3 is 0 Å². The minimum atomic E-state index is 0. The van der Waals surface area contributed by atoms with E-state index >= 15 is 0 Å². The van der Waals surface area contributed by atoms with Crippen molar-refractivity contribution in [3.8, 4) is 0 Å². The number of halogens is 1. The summed E-state index contributed by atoms with van der Waals surface area (Å²) in [5, 5.41) is 6.74. The molecule has 1 amide bonds. The van der Waals surface area contributed by atoms with Gasteiger partial charge in [0.05, 0.1) is 0 Å². The van der Waals surface area contributed by atoms with Gasteiger partial charge in [-0.3, -0.25) is 4.79 Å². The highest BCUT2D eigenvalue weighted by atomic mass is 35.5. The van der Waals surface area contributed by atoms with E-state index in [0.717, 1.165) is 31.8 Å². The predicted molar refractivity (Wildman–Crippen MR) is 102 cm³/mol. The van der Waals surface area contributed by atoms with Crippen molar-refractivity contribution in [2.24, 2.45) is 5.92 Å². The Balaban J connectivity index is 0.00000208. The number of carbonyl (C=O) groups is 1. The third kappa shape index (κ3) is 5.49. The first kappa shape index (κ1) is 19.3. The summed E-state index contributed by atoms with van der Waals surface area (Å²) < 4.78 is 0. The molecular weight excluding hydrogens is 320 g/mol. The summed E-state index contributed by atoms with van der Waals surface area (Å²) in [7, 11) is 0. The number of hydrogen-bond donors (Lipinski definition) is 2.